The van der Waals surface area contributed by atoms with E-state index >= 15 is 0 Å². The molecule has 0 unspecified atom stereocenters. The van der Waals surface area contributed by atoms with Crippen molar-refractivity contribution < 1.29 is 22.7 Å². The van der Waals surface area contributed by atoms with Gasteiger partial charge in [-0.2, -0.15) is 9.30 Å². The van der Waals surface area contributed by atoms with Gasteiger partial charge in [0.05, 0.1) is 31.8 Å². The summed E-state index contributed by atoms with van der Waals surface area (Å²) in [7, 11) is -2.28. The zero-order valence-electron chi connectivity index (χ0n) is 20.4. The molecule has 0 spiro atoms. The lowest BCUT2D eigenvalue weighted by atomic mass is 10.2. The maximum absolute atomic E-state index is 13.0. The van der Waals surface area contributed by atoms with Crippen LogP contribution in [0.5, 0.6) is 0 Å². The van der Waals surface area contributed by atoms with Gasteiger partial charge < -0.3 is 9.30 Å². The fourth-order valence-electron chi connectivity index (χ4n) is 3.70. The number of aromatic nitrogens is 1. The van der Waals surface area contributed by atoms with E-state index in [1.165, 1.54) is 40.2 Å². The highest BCUT2D eigenvalue weighted by molar-refractivity contribution is 7.89. The second-order valence-corrected chi connectivity index (χ2v) is 12.0. The van der Waals surface area contributed by atoms with Crippen LogP contribution in [0.3, 0.4) is 0 Å². The van der Waals surface area contributed by atoms with Crippen molar-refractivity contribution in [1.29, 1.82) is 0 Å². The number of nitrogens with zero attached hydrogens (tertiary/aromatic N) is 3. The van der Waals surface area contributed by atoms with Crippen LogP contribution < -0.4 is 4.80 Å². The Labute approximate surface area is 233 Å². The number of hydrogen-bond acceptors (Lipinski definition) is 6. The Bertz CT molecular complexity index is 1670. The highest BCUT2D eigenvalue weighted by atomic mass is 35.5. The summed E-state index contributed by atoms with van der Waals surface area (Å²) < 4.78 is 34.5. The monoisotopic (exact) mass is 591 g/mol. The Morgan fingerprint density at radius 1 is 1.03 bits per heavy atom. The van der Waals surface area contributed by atoms with Gasteiger partial charge >= 0.3 is 5.97 Å². The Kier molecular flexibility index (Phi) is 8.69. The number of rotatable bonds is 8. The third-order valence-corrected chi connectivity index (χ3v) is 9.24. The molecule has 8 nitrogen and oxygen atoms in total. The minimum Gasteiger partial charge on any atom is -0.465 e. The molecule has 1 amide bonds. The molecule has 0 aliphatic heterocycles. The van der Waals surface area contributed by atoms with E-state index in [1.54, 1.807) is 19.1 Å². The van der Waals surface area contributed by atoms with Crippen LogP contribution in [-0.4, -0.2) is 42.8 Å². The van der Waals surface area contributed by atoms with Crippen LogP contribution in [0.1, 0.15) is 22.8 Å². The normalized spacial score (nSPS) is 12.3. The highest BCUT2D eigenvalue weighted by Gasteiger charge is 2.22. The number of thiazole rings is 1. The van der Waals surface area contributed by atoms with E-state index in [4.69, 9.17) is 27.9 Å². The molecule has 0 saturated carbocycles. The average molecular weight is 593 g/mol. The quantitative estimate of drug-likeness (QED) is 0.264. The number of fused-ring (bicyclic) bond motifs is 1. The van der Waals surface area contributed by atoms with Crippen molar-refractivity contribution in [2.75, 3.05) is 13.7 Å². The molecular formula is C26H23Cl2N3O5S2. The minimum atomic E-state index is -3.78. The van der Waals surface area contributed by atoms with Crippen LogP contribution >= 0.6 is 34.5 Å². The van der Waals surface area contributed by atoms with Crippen LogP contribution in [0.15, 0.2) is 76.6 Å². The topological polar surface area (TPSA) is 98.0 Å². The summed E-state index contributed by atoms with van der Waals surface area (Å²) in [5.74, 6) is -1.13. The highest BCUT2D eigenvalue weighted by Crippen LogP contribution is 2.32. The molecule has 38 heavy (non-hydrogen) atoms. The number of carbonyl (C=O) groups is 2. The van der Waals surface area contributed by atoms with Crippen LogP contribution in [0.2, 0.25) is 10.0 Å². The summed E-state index contributed by atoms with van der Waals surface area (Å²) in [5, 5.41) is 0.522. The Balaban J connectivity index is 1.65. The van der Waals surface area contributed by atoms with Crippen molar-refractivity contribution in [2.45, 2.75) is 24.9 Å². The van der Waals surface area contributed by atoms with Gasteiger partial charge in [0.1, 0.15) is 6.54 Å². The lowest BCUT2D eigenvalue weighted by molar-refractivity contribution is -0.143. The second-order valence-electron chi connectivity index (χ2n) is 8.17. The Morgan fingerprint density at radius 3 is 2.37 bits per heavy atom. The Hall–Kier alpha value is -3.02. The van der Waals surface area contributed by atoms with Crippen molar-refractivity contribution in [1.82, 2.24) is 8.87 Å². The molecule has 0 aliphatic rings. The SMILES string of the molecule is CCOC(=O)Cn1c(=NC(=O)c2ccc(S(=O)(=O)N(C)Cc3ccccc3)cc2)sc2ccc(Cl)c(Cl)c21. The molecule has 0 atom stereocenters. The average Bonchev–Trinajstić information content (AvgIpc) is 3.24. The smallest absolute Gasteiger partial charge is 0.326 e. The van der Waals surface area contributed by atoms with Crippen molar-refractivity contribution in [3.05, 3.63) is 92.7 Å². The first-order valence-corrected chi connectivity index (χ1v) is 14.5. The fraction of sp³-hybridized carbons (Fsp3) is 0.192. The zero-order chi connectivity index (χ0) is 27.4. The van der Waals surface area contributed by atoms with Gasteiger partial charge in [-0.3, -0.25) is 9.59 Å². The van der Waals surface area contributed by atoms with E-state index in [1.807, 2.05) is 30.3 Å². The number of amides is 1. The molecule has 0 fully saturated rings. The van der Waals surface area contributed by atoms with E-state index in [-0.39, 0.29) is 40.0 Å². The van der Waals surface area contributed by atoms with E-state index in [0.29, 0.717) is 15.2 Å². The second kappa shape index (κ2) is 11.8. The van der Waals surface area contributed by atoms with Gasteiger partial charge in [0.25, 0.3) is 5.91 Å². The van der Waals surface area contributed by atoms with Gasteiger partial charge in [0.15, 0.2) is 4.80 Å². The molecule has 4 aromatic rings. The van der Waals surface area contributed by atoms with Gasteiger partial charge in [-0.05, 0) is 48.9 Å². The number of benzene rings is 3. The number of ether oxygens (including phenoxy) is 1. The summed E-state index contributed by atoms with van der Waals surface area (Å²) in [6.07, 6.45) is 0. The van der Waals surface area contributed by atoms with Crippen molar-refractivity contribution >= 4 is 66.7 Å². The molecular weight excluding hydrogens is 569 g/mol. The lowest BCUT2D eigenvalue weighted by Gasteiger charge is -2.17. The number of carbonyl (C=O) groups excluding carboxylic acids is 2. The van der Waals surface area contributed by atoms with E-state index < -0.39 is 21.9 Å². The molecule has 0 radical (unpaired) electrons. The van der Waals surface area contributed by atoms with Crippen LogP contribution in [0.25, 0.3) is 10.2 Å². The molecule has 0 bridgehead atoms. The maximum Gasteiger partial charge on any atom is 0.326 e. The molecule has 198 valence electrons. The number of esters is 1. The van der Waals surface area contributed by atoms with Crippen LogP contribution in [0.4, 0.5) is 0 Å². The molecule has 1 heterocycles. The van der Waals surface area contributed by atoms with Crippen molar-refractivity contribution in [2.24, 2.45) is 4.99 Å². The first kappa shape index (κ1) is 28.0. The standard InChI is InChI=1S/C26H23Cl2N3O5S2/c1-3-36-22(32)16-31-24-21(14-13-20(27)23(24)28)37-26(31)29-25(33)18-9-11-19(12-10-18)38(34,35)30(2)15-17-7-5-4-6-8-17/h4-14H,3,15-16H2,1-2H3. The zero-order valence-corrected chi connectivity index (χ0v) is 23.6. The van der Waals surface area contributed by atoms with Crippen LogP contribution in [-0.2, 0) is 32.6 Å². The maximum atomic E-state index is 13.0. The molecule has 0 saturated heterocycles. The third kappa shape index (κ3) is 6.00. The molecule has 0 N–H and O–H groups in total. The fourth-order valence-corrected chi connectivity index (χ4v) is 6.37. The first-order chi connectivity index (χ1) is 18.1. The van der Waals surface area contributed by atoms with Crippen molar-refractivity contribution in [3.8, 4) is 0 Å². The molecule has 12 heteroatoms. The van der Waals surface area contributed by atoms with Gasteiger partial charge in [-0.1, -0.05) is 64.9 Å². The number of sulfonamides is 1. The van der Waals surface area contributed by atoms with E-state index in [2.05, 4.69) is 4.99 Å². The predicted octanol–water partition coefficient (Wildman–Crippen LogP) is 5.13. The van der Waals surface area contributed by atoms with Gasteiger partial charge in [0, 0.05) is 19.2 Å². The predicted molar refractivity (Wildman–Crippen MR) is 148 cm³/mol. The molecule has 3 aromatic carbocycles. The summed E-state index contributed by atoms with van der Waals surface area (Å²) >= 11 is 13.8. The minimum absolute atomic E-state index is 0.0492. The Morgan fingerprint density at radius 2 is 1.71 bits per heavy atom. The van der Waals surface area contributed by atoms with Gasteiger partial charge in [-0.25, -0.2) is 8.42 Å². The number of halogens is 2. The lowest BCUT2D eigenvalue weighted by Crippen LogP contribution is -2.26. The molecule has 1 aromatic heterocycles. The molecule has 4 rings (SSSR count). The summed E-state index contributed by atoms with van der Waals surface area (Å²) in [6.45, 7) is 1.87. The van der Waals surface area contributed by atoms with E-state index in [9.17, 15) is 18.0 Å². The number of hydrogen-bond donors (Lipinski definition) is 0. The summed E-state index contributed by atoms with van der Waals surface area (Å²) in [5.41, 5.74) is 1.50. The largest absolute Gasteiger partial charge is 0.465 e. The first-order valence-electron chi connectivity index (χ1n) is 11.4. The van der Waals surface area contributed by atoms with Gasteiger partial charge in [0.2, 0.25) is 10.0 Å². The molecule has 0 aliphatic carbocycles. The van der Waals surface area contributed by atoms with E-state index in [0.717, 1.165) is 16.9 Å². The third-order valence-electron chi connectivity index (χ3n) is 5.58. The summed E-state index contributed by atoms with van der Waals surface area (Å²) in [6, 6.07) is 18.1. The summed E-state index contributed by atoms with van der Waals surface area (Å²) in [4.78, 5) is 29.8. The van der Waals surface area contributed by atoms with Gasteiger partial charge in [-0.15, -0.1) is 0 Å². The van der Waals surface area contributed by atoms with Crippen molar-refractivity contribution in [3.63, 3.8) is 0 Å². The van der Waals surface area contributed by atoms with Crippen LogP contribution in [0, 0.1) is 0 Å².